The Morgan fingerprint density at radius 1 is 1.37 bits per heavy atom. The molecule has 3 aromatic rings. The molecule has 0 radical (unpaired) electrons. The van der Waals surface area contributed by atoms with Gasteiger partial charge in [0.25, 0.3) is 5.56 Å². The Morgan fingerprint density at radius 2 is 2.26 bits per heavy atom. The van der Waals surface area contributed by atoms with Gasteiger partial charge in [0.05, 0.1) is 23.2 Å². The summed E-state index contributed by atoms with van der Waals surface area (Å²) in [5, 5.41) is 13.2. The summed E-state index contributed by atoms with van der Waals surface area (Å²) in [5.41, 5.74) is 2.41. The summed E-state index contributed by atoms with van der Waals surface area (Å²) in [6.07, 6.45) is 5.23. The second kappa shape index (κ2) is 8.00. The molecule has 0 aliphatic carbocycles. The van der Waals surface area contributed by atoms with Crippen LogP contribution in [-0.4, -0.2) is 41.1 Å². The Morgan fingerprint density at radius 3 is 3.04 bits per heavy atom. The number of halogens is 1. The van der Waals surface area contributed by atoms with E-state index >= 15 is 0 Å². The number of pyridine rings is 1. The van der Waals surface area contributed by atoms with Crippen LogP contribution in [0.5, 0.6) is 0 Å². The average Bonchev–Trinajstić information content (AvgIpc) is 3.12. The van der Waals surface area contributed by atoms with Gasteiger partial charge in [0, 0.05) is 36.5 Å². The third-order valence-electron chi connectivity index (χ3n) is 5.47. The van der Waals surface area contributed by atoms with E-state index in [2.05, 4.69) is 15.5 Å². The van der Waals surface area contributed by atoms with Gasteiger partial charge < -0.3 is 14.6 Å². The summed E-state index contributed by atoms with van der Waals surface area (Å²) in [7, 11) is 1.66. The van der Waals surface area contributed by atoms with Gasteiger partial charge in [0.2, 0.25) is 0 Å². The van der Waals surface area contributed by atoms with Gasteiger partial charge in [-0.15, -0.1) is 0 Å². The highest BCUT2D eigenvalue weighted by Crippen LogP contribution is 2.26. The molecule has 0 saturated carbocycles. The monoisotopic (exact) mass is 388 g/mol. The van der Waals surface area contributed by atoms with Gasteiger partial charge in [-0.2, -0.15) is 5.10 Å². The van der Waals surface area contributed by atoms with Crippen molar-refractivity contribution in [2.24, 2.45) is 0 Å². The molecule has 27 heavy (non-hydrogen) atoms. The minimum atomic E-state index is 0.00971. The smallest absolute Gasteiger partial charge is 0.262 e. The van der Waals surface area contributed by atoms with E-state index in [1.165, 1.54) is 19.3 Å². The average molecular weight is 389 g/mol. The number of ether oxygens (including phenoxy) is 1. The number of nitrogens with zero attached hydrogens (tertiary/aromatic N) is 2. The van der Waals surface area contributed by atoms with Gasteiger partial charge >= 0.3 is 0 Å². The normalized spacial score (nSPS) is 17.8. The molecule has 0 spiro atoms. The number of H-pyrrole nitrogens is 1. The molecule has 1 aliphatic rings. The molecule has 1 fully saturated rings. The van der Waals surface area contributed by atoms with Crippen LogP contribution >= 0.6 is 11.6 Å². The van der Waals surface area contributed by atoms with E-state index in [1.54, 1.807) is 7.11 Å². The first kappa shape index (κ1) is 18.5. The molecule has 0 bridgehead atoms. The Balaban J connectivity index is 1.81. The molecular formula is C20H25ClN4O2. The lowest BCUT2D eigenvalue weighted by atomic mass is 10.0. The van der Waals surface area contributed by atoms with Crippen LogP contribution in [0.15, 0.2) is 23.0 Å². The lowest BCUT2D eigenvalue weighted by Crippen LogP contribution is -2.35. The summed E-state index contributed by atoms with van der Waals surface area (Å²) >= 11 is 6.25. The molecular weight excluding hydrogens is 364 g/mol. The molecule has 7 heteroatoms. The number of aromatic amines is 1. The zero-order valence-electron chi connectivity index (χ0n) is 15.6. The van der Waals surface area contributed by atoms with Gasteiger partial charge in [-0.1, -0.05) is 18.0 Å². The fraction of sp³-hybridized carbons (Fsp3) is 0.500. The third kappa shape index (κ3) is 3.61. The second-order valence-corrected chi connectivity index (χ2v) is 7.66. The molecule has 1 atom stereocenters. The van der Waals surface area contributed by atoms with Crippen LogP contribution in [0, 0.1) is 0 Å². The molecule has 3 heterocycles. The first-order chi connectivity index (χ1) is 13.2. The first-order valence-corrected chi connectivity index (χ1v) is 9.98. The van der Waals surface area contributed by atoms with Crippen molar-refractivity contribution in [1.29, 1.82) is 0 Å². The van der Waals surface area contributed by atoms with Gasteiger partial charge in [-0.3, -0.25) is 9.89 Å². The standard InChI is InChI=1S/C20H25ClN4O2/c1-27-11-8-16-18-19(24-23-16)15-12-13(21)5-6-17(15)25(20(18)26)10-7-14-4-2-3-9-22-14/h5-6,12,14,22H,2-4,7-11H2,1H3,(H,23,24). The molecule has 1 unspecified atom stereocenters. The fourth-order valence-corrected chi connectivity index (χ4v) is 4.22. The Bertz CT molecular complexity index is 1000. The molecule has 0 amide bonds. The Hall–Kier alpha value is -1.89. The minimum Gasteiger partial charge on any atom is -0.384 e. The summed E-state index contributed by atoms with van der Waals surface area (Å²) < 4.78 is 7.07. The maximum atomic E-state index is 13.4. The topological polar surface area (TPSA) is 71.9 Å². The maximum Gasteiger partial charge on any atom is 0.262 e. The molecule has 6 nitrogen and oxygen atoms in total. The Kier molecular flexibility index (Phi) is 5.48. The number of benzene rings is 1. The quantitative estimate of drug-likeness (QED) is 0.680. The summed E-state index contributed by atoms with van der Waals surface area (Å²) in [4.78, 5) is 13.4. The van der Waals surface area contributed by atoms with Gasteiger partial charge in [0.15, 0.2) is 0 Å². The van der Waals surface area contributed by atoms with Crippen LogP contribution in [0.4, 0.5) is 0 Å². The number of piperidine rings is 1. The van der Waals surface area contributed by atoms with Crippen molar-refractivity contribution >= 4 is 33.4 Å². The zero-order valence-corrected chi connectivity index (χ0v) is 16.3. The summed E-state index contributed by atoms with van der Waals surface area (Å²) in [5.74, 6) is 0. The van der Waals surface area contributed by atoms with Crippen molar-refractivity contribution in [3.05, 3.63) is 39.3 Å². The lowest BCUT2D eigenvalue weighted by Gasteiger charge is -2.24. The number of hydrogen-bond donors (Lipinski definition) is 2. The van der Waals surface area contributed by atoms with Gasteiger partial charge in [-0.25, -0.2) is 0 Å². The third-order valence-corrected chi connectivity index (χ3v) is 5.71. The molecule has 2 aromatic heterocycles. The fourth-order valence-electron chi connectivity index (χ4n) is 4.04. The van der Waals surface area contributed by atoms with Crippen molar-refractivity contribution in [2.75, 3.05) is 20.3 Å². The first-order valence-electron chi connectivity index (χ1n) is 9.60. The van der Waals surface area contributed by atoms with Gasteiger partial charge in [-0.05, 0) is 44.0 Å². The molecule has 2 N–H and O–H groups in total. The van der Waals surface area contributed by atoms with Gasteiger partial charge in [0.1, 0.15) is 5.52 Å². The number of aryl methyl sites for hydroxylation is 1. The SMILES string of the molecule is COCCc1[nH]nc2c1c(=O)n(CCC1CCCCN1)c1ccc(Cl)cc21. The van der Waals surface area contributed by atoms with E-state index in [9.17, 15) is 4.79 Å². The predicted molar refractivity (Wildman–Crippen MR) is 109 cm³/mol. The summed E-state index contributed by atoms with van der Waals surface area (Å²) in [6.45, 7) is 2.29. The highest BCUT2D eigenvalue weighted by atomic mass is 35.5. The lowest BCUT2D eigenvalue weighted by molar-refractivity contribution is 0.201. The molecule has 4 rings (SSSR count). The van der Waals surface area contributed by atoms with Crippen LogP contribution in [0.2, 0.25) is 5.02 Å². The van der Waals surface area contributed by atoms with E-state index in [0.717, 1.165) is 29.6 Å². The van der Waals surface area contributed by atoms with E-state index in [-0.39, 0.29) is 5.56 Å². The highest BCUT2D eigenvalue weighted by Gasteiger charge is 2.19. The maximum absolute atomic E-state index is 13.4. The Labute approximate surface area is 162 Å². The van der Waals surface area contributed by atoms with Crippen LogP contribution < -0.4 is 10.9 Å². The van der Waals surface area contributed by atoms with E-state index in [1.807, 2.05) is 22.8 Å². The molecule has 1 aromatic carbocycles. The van der Waals surface area contributed by atoms with Crippen LogP contribution in [-0.2, 0) is 17.7 Å². The van der Waals surface area contributed by atoms with Crippen molar-refractivity contribution in [3.8, 4) is 0 Å². The van der Waals surface area contributed by atoms with Crippen LogP contribution in [0.1, 0.15) is 31.4 Å². The highest BCUT2D eigenvalue weighted by molar-refractivity contribution is 6.31. The van der Waals surface area contributed by atoms with Crippen molar-refractivity contribution in [2.45, 2.75) is 44.7 Å². The van der Waals surface area contributed by atoms with E-state index < -0.39 is 0 Å². The predicted octanol–water partition coefficient (Wildman–Crippen LogP) is 3.25. The van der Waals surface area contributed by atoms with Crippen LogP contribution in [0.3, 0.4) is 0 Å². The number of nitrogens with one attached hydrogen (secondary N) is 2. The van der Waals surface area contributed by atoms with Crippen molar-refractivity contribution in [1.82, 2.24) is 20.1 Å². The molecule has 144 valence electrons. The number of aromatic nitrogens is 3. The van der Waals surface area contributed by atoms with Crippen LogP contribution in [0.25, 0.3) is 21.8 Å². The number of rotatable bonds is 6. The number of methoxy groups -OCH3 is 1. The largest absolute Gasteiger partial charge is 0.384 e. The molecule has 1 aliphatic heterocycles. The van der Waals surface area contributed by atoms with E-state index in [0.29, 0.717) is 41.5 Å². The van der Waals surface area contributed by atoms with Crippen molar-refractivity contribution in [3.63, 3.8) is 0 Å². The zero-order chi connectivity index (χ0) is 18.8. The summed E-state index contributed by atoms with van der Waals surface area (Å²) in [6, 6.07) is 6.13. The van der Waals surface area contributed by atoms with Crippen molar-refractivity contribution < 1.29 is 4.74 Å². The minimum absolute atomic E-state index is 0.00971. The number of hydrogen-bond acceptors (Lipinski definition) is 4. The van der Waals surface area contributed by atoms with E-state index in [4.69, 9.17) is 16.3 Å². The second-order valence-electron chi connectivity index (χ2n) is 7.22. The molecule has 1 saturated heterocycles. The number of fused-ring (bicyclic) bond motifs is 3.